The highest BCUT2D eigenvalue weighted by Crippen LogP contribution is 2.13. The van der Waals surface area contributed by atoms with Gasteiger partial charge in [-0.2, -0.15) is 0 Å². The second-order valence-electron chi connectivity index (χ2n) is 2.91. The second kappa shape index (κ2) is 4.66. The van der Waals surface area contributed by atoms with Gasteiger partial charge in [-0.1, -0.05) is 0 Å². The number of benzene rings is 1. The Morgan fingerprint density at radius 2 is 1.86 bits per heavy atom. The molecular weight excluding hydrogens is 222 g/mol. The molecule has 0 atom stereocenters. The maximum atomic E-state index is 11.1. The van der Waals surface area contributed by atoms with E-state index in [1.807, 2.05) is 0 Å². The number of alkyl halides is 1. The number of nitrogens with one attached hydrogen (secondary N) is 1. The van der Waals surface area contributed by atoms with Gasteiger partial charge in [0, 0.05) is 24.4 Å². The van der Waals surface area contributed by atoms with E-state index < -0.39 is 9.84 Å². The third kappa shape index (κ3) is 3.20. The minimum atomic E-state index is -3.09. The Labute approximate surface area is 89.0 Å². The van der Waals surface area contributed by atoms with Crippen LogP contribution in [-0.4, -0.2) is 27.1 Å². The van der Waals surface area contributed by atoms with E-state index in [1.54, 1.807) is 24.3 Å². The third-order valence-electron chi connectivity index (χ3n) is 1.71. The minimum absolute atomic E-state index is 0.328. The second-order valence-corrected chi connectivity index (χ2v) is 5.31. The Morgan fingerprint density at radius 3 is 2.29 bits per heavy atom. The summed E-state index contributed by atoms with van der Waals surface area (Å²) in [5, 5.41) is 3.05. The molecule has 0 saturated carbocycles. The first kappa shape index (κ1) is 11.3. The number of hydrogen-bond donors (Lipinski definition) is 1. The van der Waals surface area contributed by atoms with E-state index >= 15 is 0 Å². The van der Waals surface area contributed by atoms with Crippen molar-refractivity contribution >= 4 is 27.1 Å². The zero-order chi connectivity index (χ0) is 10.6. The van der Waals surface area contributed by atoms with Crippen LogP contribution in [0, 0.1) is 0 Å². The van der Waals surface area contributed by atoms with Gasteiger partial charge in [-0.3, -0.25) is 0 Å². The predicted octanol–water partition coefficient (Wildman–Crippen LogP) is 1.74. The molecule has 1 aromatic carbocycles. The molecule has 0 fully saturated rings. The van der Waals surface area contributed by atoms with E-state index in [4.69, 9.17) is 11.6 Å². The van der Waals surface area contributed by atoms with Crippen LogP contribution in [0.5, 0.6) is 0 Å². The van der Waals surface area contributed by atoms with Crippen LogP contribution in [0.3, 0.4) is 0 Å². The topological polar surface area (TPSA) is 46.2 Å². The molecule has 0 aliphatic carbocycles. The summed E-state index contributed by atoms with van der Waals surface area (Å²) in [6.45, 7) is 0.666. The molecule has 5 heteroatoms. The average Bonchev–Trinajstić information content (AvgIpc) is 2.14. The fraction of sp³-hybridized carbons (Fsp3) is 0.333. The normalized spacial score (nSPS) is 11.3. The molecule has 78 valence electrons. The summed E-state index contributed by atoms with van der Waals surface area (Å²) < 4.78 is 22.2. The lowest BCUT2D eigenvalue weighted by atomic mass is 10.3. The highest BCUT2D eigenvalue weighted by atomic mass is 35.5. The average molecular weight is 234 g/mol. The van der Waals surface area contributed by atoms with Gasteiger partial charge >= 0.3 is 0 Å². The van der Waals surface area contributed by atoms with Crippen molar-refractivity contribution in [1.29, 1.82) is 0 Å². The summed E-state index contributed by atoms with van der Waals surface area (Å²) in [5.74, 6) is 0.522. The Balaban J connectivity index is 2.79. The fourth-order valence-corrected chi connectivity index (χ4v) is 1.74. The van der Waals surface area contributed by atoms with Crippen molar-refractivity contribution in [3.05, 3.63) is 24.3 Å². The lowest BCUT2D eigenvalue weighted by molar-refractivity contribution is 0.602. The van der Waals surface area contributed by atoms with Gasteiger partial charge in [-0.05, 0) is 24.3 Å². The minimum Gasteiger partial charge on any atom is -0.384 e. The van der Waals surface area contributed by atoms with Crippen molar-refractivity contribution < 1.29 is 8.42 Å². The molecule has 0 heterocycles. The van der Waals surface area contributed by atoms with E-state index in [1.165, 1.54) is 6.26 Å². The maximum Gasteiger partial charge on any atom is 0.175 e. The highest BCUT2D eigenvalue weighted by Gasteiger charge is 2.05. The molecule has 0 aromatic heterocycles. The van der Waals surface area contributed by atoms with Crippen molar-refractivity contribution in [1.82, 2.24) is 0 Å². The fourth-order valence-electron chi connectivity index (χ4n) is 1.01. The van der Waals surface area contributed by atoms with Crippen LogP contribution < -0.4 is 5.32 Å². The number of anilines is 1. The van der Waals surface area contributed by atoms with Gasteiger partial charge < -0.3 is 5.32 Å². The molecule has 3 nitrogen and oxygen atoms in total. The first-order valence-electron chi connectivity index (χ1n) is 4.14. The summed E-state index contributed by atoms with van der Waals surface area (Å²) in [4.78, 5) is 0.328. The van der Waals surface area contributed by atoms with E-state index in [-0.39, 0.29) is 0 Å². The van der Waals surface area contributed by atoms with Crippen LogP contribution >= 0.6 is 11.6 Å². The van der Waals surface area contributed by atoms with Crippen molar-refractivity contribution in [2.75, 3.05) is 24.0 Å². The molecule has 0 spiro atoms. The molecule has 14 heavy (non-hydrogen) atoms. The number of hydrogen-bond acceptors (Lipinski definition) is 3. The molecule has 1 aromatic rings. The molecule has 0 unspecified atom stereocenters. The van der Waals surface area contributed by atoms with E-state index in [2.05, 4.69) is 5.32 Å². The third-order valence-corrected chi connectivity index (χ3v) is 3.02. The summed E-state index contributed by atoms with van der Waals surface area (Å²) in [6, 6.07) is 6.60. The van der Waals surface area contributed by atoms with Gasteiger partial charge in [-0.15, -0.1) is 11.6 Å². The summed E-state index contributed by atoms with van der Waals surface area (Å²) in [6.07, 6.45) is 1.19. The first-order chi connectivity index (χ1) is 6.54. The zero-order valence-corrected chi connectivity index (χ0v) is 9.40. The molecule has 1 rings (SSSR count). The largest absolute Gasteiger partial charge is 0.384 e. The van der Waals surface area contributed by atoms with Crippen molar-refractivity contribution in [3.63, 3.8) is 0 Å². The molecular formula is C9H12ClNO2S. The molecule has 0 radical (unpaired) electrons. The smallest absolute Gasteiger partial charge is 0.175 e. The SMILES string of the molecule is CS(=O)(=O)c1ccc(NCCCl)cc1. The van der Waals surface area contributed by atoms with Gasteiger partial charge in [0.2, 0.25) is 0 Å². The van der Waals surface area contributed by atoms with Gasteiger partial charge in [-0.25, -0.2) is 8.42 Å². The molecule has 1 N–H and O–H groups in total. The molecule has 0 aliphatic heterocycles. The summed E-state index contributed by atoms with van der Waals surface area (Å²) >= 11 is 5.50. The van der Waals surface area contributed by atoms with Crippen LogP contribution in [0.25, 0.3) is 0 Å². The molecule has 0 bridgehead atoms. The lowest BCUT2D eigenvalue weighted by Gasteiger charge is -2.04. The molecule has 0 amide bonds. The van der Waals surface area contributed by atoms with Crippen LogP contribution in [0.4, 0.5) is 5.69 Å². The number of sulfone groups is 1. The lowest BCUT2D eigenvalue weighted by Crippen LogP contribution is -2.03. The maximum absolute atomic E-state index is 11.1. The zero-order valence-electron chi connectivity index (χ0n) is 7.83. The van der Waals surface area contributed by atoms with Crippen LogP contribution in [0.1, 0.15) is 0 Å². The van der Waals surface area contributed by atoms with Crippen molar-refractivity contribution in [2.24, 2.45) is 0 Å². The quantitative estimate of drug-likeness (QED) is 0.806. The molecule has 0 aliphatic rings. The van der Waals surface area contributed by atoms with Crippen molar-refractivity contribution in [3.8, 4) is 0 Å². The first-order valence-corrected chi connectivity index (χ1v) is 6.56. The van der Waals surface area contributed by atoms with E-state index in [0.29, 0.717) is 17.3 Å². The summed E-state index contributed by atoms with van der Waals surface area (Å²) in [7, 11) is -3.09. The standard InChI is InChI=1S/C9H12ClNO2S/c1-14(12,13)9-4-2-8(3-5-9)11-7-6-10/h2-5,11H,6-7H2,1H3. The van der Waals surface area contributed by atoms with Crippen LogP contribution in [-0.2, 0) is 9.84 Å². The Morgan fingerprint density at radius 1 is 1.29 bits per heavy atom. The van der Waals surface area contributed by atoms with Gasteiger partial charge in [0.15, 0.2) is 9.84 Å². The Bertz CT molecular complexity index is 386. The predicted molar refractivity (Wildman–Crippen MR) is 58.8 cm³/mol. The molecule has 0 saturated heterocycles. The van der Waals surface area contributed by atoms with Crippen LogP contribution in [0.2, 0.25) is 0 Å². The number of rotatable bonds is 4. The van der Waals surface area contributed by atoms with Gasteiger partial charge in [0.05, 0.1) is 4.90 Å². The monoisotopic (exact) mass is 233 g/mol. The number of halogens is 1. The summed E-state index contributed by atoms with van der Waals surface area (Å²) in [5.41, 5.74) is 0.873. The van der Waals surface area contributed by atoms with Crippen molar-refractivity contribution in [2.45, 2.75) is 4.90 Å². The van der Waals surface area contributed by atoms with Gasteiger partial charge in [0.1, 0.15) is 0 Å². The van der Waals surface area contributed by atoms with Crippen LogP contribution in [0.15, 0.2) is 29.2 Å². The Hall–Kier alpha value is -0.740. The van der Waals surface area contributed by atoms with E-state index in [0.717, 1.165) is 5.69 Å². The van der Waals surface area contributed by atoms with E-state index in [9.17, 15) is 8.42 Å². The van der Waals surface area contributed by atoms with Gasteiger partial charge in [0.25, 0.3) is 0 Å². The highest BCUT2D eigenvalue weighted by molar-refractivity contribution is 7.90. The Kier molecular flexibility index (Phi) is 3.77.